The van der Waals surface area contributed by atoms with E-state index in [0.717, 1.165) is 10.4 Å². The standard InChI is InChI=1S/C9H16N4S2/c1-14-7-4-2-6(3-5-7)11-9-12-8(10)13-15-9/h6-7H,2-5H2,1H3,(H3,10,11,12,13). The van der Waals surface area contributed by atoms with Crippen molar-refractivity contribution in [2.24, 2.45) is 0 Å². The first kappa shape index (κ1) is 11.0. The molecule has 0 spiro atoms. The number of hydrogen-bond donors (Lipinski definition) is 2. The summed E-state index contributed by atoms with van der Waals surface area (Å²) in [5.74, 6) is 0.375. The summed E-state index contributed by atoms with van der Waals surface area (Å²) in [6.07, 6.45) is 7.25. The summed E-state index contributed by atoms with van der Waals surface area (Å²) in [5, 5.41) is 5.11. The molecule has 1 heterocycles. The lowest BCUT2D eigenvalue weighted by Crippen LogP contribution is -2.26. The van der Waals surface area contributed by atoms with Crippen molar-refractivity contribution in [3.8, 4) is 0 Å². The molecule has 0 aliphatic heterocycles. The molecule has 4 nitrogen and oxygen atoms in total. The zero-order chi connectivity index (χ0) is 10.7. The number of nitrogens with one attached hydrogen (secondary N) is 1. The second-order valence-corrected chi connectivity index (χ2v) is 5.70. The number of nitrogens with two attached hydrogens (primary N) is 1. The van der Waals surface area contributed by atoms with Gasteiger partial charge in [0.1, 0.15) is 0 Å². The van der Waals surface area contributed by atoms with E-state index in [2.05, 4.69) is 20.9 Å². The lowest BCUT2D eigenvalue weighted by atomic mass is 9.95. The highest BCUT2D eigenvalue weighted by atomic mass is 32.2. The summed E-state index contributed by atoms with van der Waals surface area (Å²) >= 11 is 3.33. The van der Waals surface area contributed by atoms with Gasteiger partial charge >= 0.3 is 0 Å². The fraction of sp³-hybridized carbons (Fsp3) is 0.778. The van der Waals surface area contributed by atoms with E-state index >= 15 is 0 Å². The summed E-state index contributed by atoms with van der Waals surface area (Å²) in [7, 11) is 0. The number of hydrogen-bond acceptors (Lipinski definition) is 6. The maximum absolute atomic E-state index is 5.47. The molecule has 1 aromatic heterocycles. The number of rotatable bonds is 3. The van der Waals surface area contributed by atoms with Crippen LogP contribution >= 0.6 is 23.3 Å². The lowest BCUT2D eigenvalue weighted by Gasteiger charge is -2.27. The van der Waals surface area contributed by atoms with Crippen molar-refractivity contribution >= 4 is 34.4 Å². The van der Waals surface area contributed by atoms with Crippen molar-refractivity contribution in [2.75, 3.05) is 17.3 Å². The van der Waals surface area contributed by atoms with Crippen molar-refractivity contribution in [1.29, 1.82) is 0 Å². The Kier molecular flexibility index (Phi) is 3.69. The second-order valence-electron chi connectivity index (χ2n) is 3.81. The largest absolute Gasteiger partial charge is 0.367 e. The highest BCUT2D eigenvalue weighted by Gasteiger charge is 2.20. The van der Waals surface area contributed by atoms with Crippen molar-refractivity contribution < 1.29 is 0 Å². The van der Waals surface area contributed by atoms with E-state index < -0.39 is 0 Å². The van der Waals surface area contributed by atoms with Crippen LogP contribution in [-0.4, -0.2) is 26.9 Å². The van der Waals surface area contributed by atoms with Gasteiger partial charge in [-0.1, -0.05) is 0 Å². The predicted octanol–water partition coefficient (Wildman–Crippen LogP) is 2.21. The van der Waals surface area contributed by atoms with Crippen LogP contribution in [0.25, 0.3) is 0 Å². The normalized spacial score (nSPS) is 26.5. The summed E-state index contributed by atoms with van der Waals surface area (Å²) in [5.41, 5.74) is 5.47. The van der Waals surface area contributed by atoms with E-state index in [0.29, 0.717) is 12.0 Å². The van der Waals surface area contributed by atoms with Gasteiger partial charge in [0.25, 0.3) is 0 Å². The van der Waals surface area contributed by atoms with Gasteiger partial charge < -0.3 is 11.1 Å². The molecule has 1 aliphatic rings. The first-order valence-electron chi connectivity index (χ1n) is 5.16. The van der Waals surface area contributed by atoms with Gasteiger partial charge in [-0.3, -0.25) is 0 Å². The number of thioether (sulfide) groups is 1. The maximum Gasteiger partial charge on any atom is 0.233 e. The molecule has 1 aromatic rings. The Morgan fingerprint density at radius 3 is 2.67 bits per heavy atom. The molecular formula is C9H16N4S2. The third-order valence-electron chi connectivity index (χ3n) is 2.78. The number of nitrogen functional groups attached to an aromatic ring is 1. The van der Waals surface area contributed by atoms with Gasteiger partial charge in [-0.25, -0.2) is 0 Å². The average Bonchev–Trinajstić information content (AvgIpc) is 2.65. The number of anilines is 2. The van der Waals surface area contributed by atoms with E-state index in [4.69, 9.17) is 5.73 Å². The van der Waals surface area contributed by atoms with E-state index in [-0.39, 0.29) is 0 Å². The SMILES string of the molecule is CSC1CCC(Nc2nc(N)ns2)CC1. The molecule has 0 unspecified atom stereocenters. The van der Waals surface area contributed by atoms with Crippen molar-refractivity contribution in [1.82, 2.24) is 9.36 Å². The predicted molar refractivity (Wildman–Crippen MR) is 67.5 cm³/mol. The van der Waals surface area contributed by atoms with Crippen LogP contribution < -0.4 is 11.1 Å². The molecule has 2 rings (SSSR count). The van der Waals surface area contributed by atoms with Gasteiger partial charge in [-0.15, -0.1) is 0 Å². The Morgan fingerprint density at radius 1 is 1.40 bits per heavy atom. The van der Waals surface area contributed by atoms with Gasteiger partial charge in [-0.2, -0.15) is 21.1 Å². The van der Waals surface area contributed by atoms with Gasteiger partial charge in [0.15, 0.2) is 0 Å². The quantitative estimate of drug-likeness (QED) is 0.853. The third-order valence-corrected chi connectivity index (χ3v) is 4.58. The lowest BCUT2D eigenvalue weighted by molar-refractivity contribution is 0.473. The summed E-state index contributed by atoms with van der Waals surface area (Å²) < 4.78 is 3.95. The first-order valence-corrected chi connectivity index (χ1v) is 7.22. The summed E-state index contributed by atoms with van der Waals surface area (Å²) in [4.78, 5) is 4.11. The molecule has 1 fully saturated rings. The summed E-state index contributed by atoms with van der Waals surface area (Å²) in [6, 6.07) is 0.556. The first-order chi connectivity index (χ1) is 7.28. The number of aromatic nitrogens is 2. The molecule has 0 atom stereocenters. The Morgan fingerprint density at radius 2 is 2.13 bits per heavy atom. The molecule has 0 saturated heterocycles. The highest BCUT2D eigenvalue weighted by Crippen LogP contribution is 2.28. The average molecular weight is 244 g/mol. The van der Waals surface area contributed by atoms with Crippen molar-refractivity contribution in [2.45, 2.75) is 37.0 Å². The molecular weight excluding hydrogens is 228 g/mol. The van der Waals surface area contributed by atoms with Crippen molar-refractivity contribution in [3.05, 3.63) is 0 Å². The Balaban J connectivity index is 1.82. The molecule has 3 N–H and O–H groups in total. The fourth-order valence-electron chi connectivity index (χ4n) is 1.91. The minimum atomic E-state index is 0.375. The van der Waals surface area contributed by atoms with Crippen LogP contribution in [0.4, 0.5) is 11.1 Å². The van der Waals surface area contributed by atoms with E-state index in [9.17, 15) is 0 Å². The minimum Gasteiger partial charge on any atom is -0.367 e. The minimum absolute atomic E-state index is 0.375. The van der Waals surface area contributed by atoms with Gasteiger partial charge in [0.2, 0.25) is 11.1 Å². The Bertz CT molecular complexity index is 307. The monoisotopic (exact) mass is 244 g/mol. The third kappa shape index (κ3) is 2.98. The molecule has 0 radical (unpaired) electrons. The van der Waals surface area contributed by atoms with Crippen LogP contribution in [0.15, 0.2) is 0 Å². The van der Waals surface area contributed by atoms with Gasteiger partial charge in [-0.05, 0) is 31.9 Å². The Labute approximate surface area is 98.2 Å². The van der Waals surface area contributed by atoms with Crippen LogP contribution in [0.2, 0.25) is 0 Å². The van der Waals surface area contributed by atoms with Gasteiger partial charge in [0, 0.05) is 22.8 Å². The topological polar surface area (TPSA) is 63.8 Å². The van der Waals surface area contributed by atoms with E-state index in [1.54, 1.807) is 0 Å². The molecule has 0 bridgehead atoms. The molecule has 84 valence electrons. The highest BCUT2D eigenvalue weighted by molar-refractivity contribution is 7.99. The van der Waals surface area contributed by atoms with E-state index in [1.165, 1.54) is 37.2 Å². The fourth-order valence-corrected chi connectivity index (χ4v) is 3.23. The molecule has 1 saturated carbocycles. The van der Waals surface area contributed by atoms with Gasteiger partial charge in [0.05, 0.1) is 0 Å². The Hall–Kier alpha value is -0.490. The molecule has 6 heteroatoms. The number of nitrogens with zero attached hydrogens (tertiary/aromatic N) is 2. The zero-order valence-electron chi connectivity index (χ0n) is 8.77. The second kappa shape index (κ2) is 5.03. The van der Waals surface area contributed by atoms with Crippen LogP contribution in [0.1, 0.15) is 25.7 Å². The van der Waals surface area contributed by atoms with Crippen LogP contribution in [0.3, 0.4) is 0 Å². The molecule has 15 heavy (non-hydrogen) atoms. The molecule has 0 aromatic carbocycles. The molecule has 0 amide bonds. The summed E-state index contributed by atoms with van der Waals surface area (Å²) in [6.45, 7) is 0. The van der Waals surface area contributed by atoms with E-state index in [1.807, 2.05) is 11.8 Å². The maximum atomic E-state index is 5.47. The zero-order valence-corrected chi connectivity index (χ0v) is 10.4. The van der Waals surface area contributed by atoms with Crippen LogP contribution in [0.5, 0.6) is 0 Å². The van der Waals surface area contributed by atoms with Crippen molar-refractivity contribution in [3.63, 3.8) is 0 Å². The van der Waals surface area contributed by atoms with Crippen LogP contribution in [0, 0.1) is 0 Å². The van der Waals surface area contributed by atoms with Crippen LogP contribution in [-0.2, 0) is 0 Å². The molecule has 1 aliphatic carbocycles. The smallest absolute Gasteiger partial charge is 0.233 e.